The molecule has 2 rings (SSSR count). The van der Waals surface area contributed by atoms with Crippen LogP contribution in [0.1, 0.15) is 29.4 Å². The van der Waals surface area contributed by atoms with E-state index in [2.05, 4.69) is 9.97 Å². The van der Waals surface area contributed by atoms with Crippen molar-refractivity contribution in [2.24, 2.45) is 0 Å². The van der Waals surface area contributed by atoms with Gasteiger partial charge in [-0.05, 0) is 18.6 Å². The van der Waals surface area contributed by atoms with Crippen LogP contribution in [0.5, 0.6) is 0 Å². The number of benzene rings is 1. The average molecular weight is 296 g/mol. The first-order valence-electron chi connectivity index (χ1n) is 6.18. The molecule has 0 bridgehead atoms. The first-order chi connectivity index (χ1) is 9.93. The van der Waals surface area contributed by atoms with Gasteiger partial charge >= 0.3 is 5.97 Å². The van der Waals surface area contributed by atoms with Crippen molar-refractivity contribution >= 4 is 5.97 Å². The lowest BCUT2D eigenvalue weighted by Crippen LogP contribution is -2.07. The Morgan fingerprint density at radius 2 is 1.86 bits per heavy atom. The molecule has 0 unspecified atom stereocenters. The Bertz CT molecular complexity index is 682. The van der Waals surface area contributed by atoms with Crippen LogP contribution in [0.25, 0.3) is 11.4 Å². The normalized spacial score (nSPS) is 10.7. The summed E-state index contributed by atoms with van der Waals surface area (Å²) in [7, 11) is 0. The molecule has 7 heteroatoms. The van der Waals surface area contributed by atoms with Crippen LogP contribution in [0.4, 0.5) is 13.2 Å². The number of carboxylic acid groups (broad SMARTS) is 1. The van der Waals surface area contributed by atoms with E-state index in [0.717, 1.165) is 18.3 Å². The van der Waals surface area contributed by atoms with E-state index < -0.39 is 23.4 Å². The second-order valence-corrected chi connectivity index (χ2v) is 4.36. The van der Waals surface area contributed by atoms with Gasteiger partial charge in [0.2, 0.25) is 0 Å². The maximum atomic E-state index is 13.2. The standard InChI is InChI=1S/C14H11F3N2O2/c1-2-3-11-8(14(20)21)6-18-13(19-11)7-4-9(15)12(17)10(16)5-7/h4-6H,2-3H2,1H3,(H,20,21). The number of nitrogens with zero attached hydrogens (tertiary/aromatic N) is 2. The maximum absolute atomic E-state index is 13.2. The van der Waals surface area contributed by atoms with E-state index in [0.29, 0.717) is 12.8 Å². The monoisotopic (exact) mass is 296 g/mol. The SMILES string of the molecule is CCCc1nc(-c2cc(F)c(F)c(F)c2)ncc1C(=O)O. The molecule has 0 saturated heterocycles. The number of rotatable bonds is 4. The molecule has 1 N–H and O–H groups in total. The van der Waals surface area contributed by atoms with E-state index in [4.69, 9.17) is 5.11 Å². The lowest BCUT2D eigenvalue weighted by atomic mass is 10.1. The largest absolute Gasteiger partial charge is 0.478 e. The zero-order valence-corrected chi connectivity index (χ0v) is 11.0. The van der Waals surface area contributed by atoms with Gasteiger partial charge in [-0.1, -0.05) is 13.3 Å². The molecule has 0 spiro atoms. The molecule has 0 atom stereocenters. The fourth-order valence-electron chi connectivity index (χ4n) is 1.85. The molecule has 0 aliphatic rings. The first-order valence-corrected chi connectivity index (χ1v) is 6.18. The van der Waals surface area contributed by atoms with Crippen LogP contribution in [-0.2, 0) is 6.42 Å². The molecule has 0 radical (unpaired) electrons. The van der Waals surface area contributed by atoms with Gasteiger partial charge < -0.3 is 5.11 Å². The van der Waals surface area contributed by atoms with E-state index >= 15 is 0 Å². The lowest BCUT2D eigenvalue weighted by molar-refractivity contribution is 0.0694. The van der Waals surface area contributed by atoms with Crippen LogP contribution in [0.2, 0.25) is 0 Å². The highest BCUT2D eigenvalue weighted by molar-refractivity contribution is 5.88. The van der Waals surface area contributed by atoms with Crippen molar-refractivity contribution < 1.29 is 23.1 Å². The molecule has 1 heterocycles. The van der Waals surface area contributed by atoms with Crippen molar-refractivity contribution in [2.75, 3.05) is 0 Å². The Morgan fingerprint density at radius 1 is 1.24 bits per heavy atom. The summed E-state index contributed by atoms with van der Waals surface area (Å²) in [6.45, 7) is 1.84. The average Bonchev–Trinajstić information content (AvgIpc) is 2.44. The molecule has 4 nitrogen and oxygen atoms in total. The highest BCUT2D eigenvalue weighted by Crippen LogP contribution is 2.22. The zero-order valence-electron chi connectivity index (χ0n) is 11.0. The topological polar surface area (TPSA) is 63.1 Å². The third-order valence-electron chi connectivity index (χ3n) is 2.83. The Hall–Kier alpha value is -2.44. The molecule has 1 aromatic carbocycles. The molecule has 0 aliphatic heterocycles. The van der Waals surface area contributed by atoms with Crippen molar-refractivity contribution in [1.29, 1.82) is 0 Å². The third-order valence-corrected chi connectivity index (χ3v) is 2.83. The highest BCUT2D eigenvalue weighted by atomic mass is 19.2. The second kappa shape index (κ2) is 5.90. The minimum atomic E-state index is -1.57. The third kappa shape index (κ3) is 3.01. The summed E-state index contributed by atoms with van der Waals surface area (Å²) < 4.78 is 39.4. The van der Waals surface area contributed by atoms with Gasteiger partial charge in [-0.3, -0.25) is 0 Å². The quantitative estimate of drug-likeness (QED) is 0.880. The minimum absolute atomic E-state index is 0.0544. The van der Waals surface area contributed by atoms with Gasteiger partial charge in [0, 0.05) is 11.8 Å². The van der Waals surface area contributed by atoms with Gasteiger partial charge in [-0.25, -0.2) is 27.9 Å². The van der Waals surface area contributed by atoms with E-state index in [1.54, 1.807) is 0 Å². The van der Waals surface area contributed by atoms with Crippen LogP contribution in [0.15, 0.2) is 18.3 Å². The van der Waals surface area contributed by atoms with E-state index in [1.165, 1.54) is 0 Å². The molecule has 110 valence electrons. The summed E-state index contributed by atoms with van der Waals surface area (Å²) in [5.41, 5.74) is 0.143. The number of hydrogen-bond acceptors (Lipinski definition) is 3. The van der Waals surface area contributed by atoms with Gasteiger partial charge in [0.15, 0.2) is 23.3 Å². The Balaban J connectivity index is 2.55. The van der Waals surface area contributed by atoms with Crippen molar-refractivity contribution in [1.82, 2.24) is 9.97 Å². The zero-order chi connectivity index (χ0) is 15.6. The number of hydrogen-bond donors (Lipinski definition) is 1. The summed E-state index contributed by atoms with van der Waals surface area (Å²) in [6.07, 6.45) is 2.10. The van der Waals surface area contributed by atoms with Crippen LogP contribution in [0.3, 0.4) is 0 Å². The fourth-order valence-corrected chi connectivity index (χ4v) is 1.85. The van der Waals surface area contributed by atoms with Gasteiger partial charge in [0.25, 0.3) is 0 Å². The van der Waals surface area contributed by atoms with E-state index in [1.807, 2.05) is 6.92 Å². The minimum Gasteiger partial charge on any atom is -0.478 e. The van der Waals surface area contributed by atoms with Gasteiger partial charge in [0.1, 0.15) is 0 Å². The second-order valence-electron chi connectivity index (χ2n) is 4.36. The van der Waals surface area contributed by atoms with Crippen LogP contribution >= 0.6 is 0 Å². The first kappa shape index (κ1) is 15.0. The molecule has 21 heavy (non-hydrogen) atoms. The van der Waals surface area contributed by atoms with Crippen molar-refractivity contribution in [3.05, 3.63) is 47.0 Å². The van der Waals surface area contributed by atoms with E-state index in [9.17, 15) is 18.0 Å². The molecule has 0 aliphatic carbocycles. The van der Waals surface area contributed by atoms with Crippen molar-refractivity contribution in [2.45, 2.75) is 19.8 Å². The highest BCUT2D eigenvalue weighted by Gasteiger charge is 2.16. The lowest BCUT2D eigenvalue weighted by Gasteiger charge is -2.07. The molecular formula is C14H11F3N2O2. The van der Waals surface area contributed by atoms with Gasteiger partial charge in [0.05, 0.1) is 11.3 Å². The number of carbonyl (C=O) groups is 1. The number of carboxylic acids is 1. The summed E-state index contributed by atoms with van der Waals surface area (Å²) in [5, 5.41) is 9.03. The van der Waals surface area contributed by atoms with Crippen molar-refractivity contribution in [3.8, 4) is 11.4 Å². The number of aromatic nitrogens is 2. The van der Waals surface area contributed by atoms with Crippen LogP contribution in [-0.4, -0.2) is 21.0 Å². The van der Waals surface area contributed by atoms with Crippen LogP contribution in [0, 0.1) is 17.5 Å². The molecular weight excluding hydrogens is 285 g/mol. The van der Waals surface area contributed by atoms with Crippen molar-refractivity contribution in [3.63, 3.8) is 0 Å². The molecule has 2 aromatic rings. The fraction of sp³-hybridized carbons (Fsp3) is 0.214. The van der Waals surface area contributed by atoms with Crippen LogP contribution < -0.4 is 0 Å². The number of aryl methyl sites for hydroxylation is 1. The predicted molar refractivity (Wildman–Crippen MR) is 68.3 cm³/mol. The van der Waals surface area contributed by atoms with Gasteiger partial charge in [-0.15, -0.1) is 0 Å². The Labute approximate surface area is 118 Å². The summed E-state index contributed by atoms with van der Waals surface area (Å²) >= 11 is 0. The molecule has 1 aromatic heterocycles. The number of aromatic carboxylic acids is 1. The predicted octanol–water partition coefficient (Wildman–Crippen LogP) is 3.21. The summed E-state index contributed by atoms with van der Waals surface area (Å²) in [4.78, 5) is 18.8. The van der Waals surface area contributed by atoms with Gasteiger partial charge in [-0.2, -0.15) is 0 Å². The van der Waals surface area contributed by atoms with E-state index in [-0.39, 0.29) is 22.6 Å². The number of halogens is 3. The summed E-state index contributed by atoms with van der Waals surface area (Å²) in [6, 6.07) is 1.54. The Morgan fingerprint density at radius 3 is 2.38 bits per heavy atom. The molecule has 0 saturated carbocycles. The summed E-state index contributed by atoms with van der Waals surface area (Å²) in [5.74, 6) is -5.52. The Kier molecular flexibility index (Phi) is 4.21. The molecule has 0 amide bonds. The smallest absolute Gasteiger partial charge is 0.339 e. The maximum Gasteiger partial charge on any atom is 0.339 e. The molecule has 0 fully saturated rings.